The van der Waals surface area contributed by atoms with E-state index in [1.807, 2.05) is 0 Å². The molecule has 3 aromatic rings. The van der Waals surface area contributed by atoms with Crippen molar-refractivity contribution in [3.8, 4) is 5.75 Å². The van der Waals surface area contributed by atoms with E-state index in [0.29, 0.717) is 5.02 Å². The molecule has 30 heavy (non-hydrogen) atoms. The molecule has 0 atom stereocenters. The van der Waals surface area contributed by atoms with Crippen molar-refractivity contribution < 1.29 is 27.1 Å². The van der Waals surface area contributed by atoms with Crippen molar-refractivity contribution in [2.45, 2.75) is 4.90 Å². The monoisotopic (exact) mass is 448 g/mol. The largest absolute Gasteiger partial charge is 0.410 e. The quantitative estimate of drug-likeness (QED) is 0.553. The minimum atomic E-state index is -3.83. The minimum absolute atomic E-state index is 0.0281. The van der Waals surface area contributed by atoms with Crippen molar-refractivity contribution >= 4 is 39.2 Å². The first kappa shape index (κ1) is 21.3. The molecule has 10 heteroatoms. The van der Waals surface area contributed by atoms with Crippen LogP contribution in [0.4, 0.5) is 14.9 Å². The Morgan fingerprint density at radius 3 is 2.13 bits per heavy atom. The van der Waals surface area contributed by atoms with E-state index in [4.69, 9.17) is 17.3 Å². The van der Waals surface area contributed by atoms with E-state index < -0.39 is 33.5 Å². The second-order valence-corrected chi connectivity index (χ2v) is 8.15. The molecule has 0 unspecified atom stereocenters. The number of amides is 1. The Kier molecular flexibility index (Phi) is 6.04. The molecule has 3 N–H and O–H groups in total. The van der Waals surface area contributed by atoms with Crippen molar-refractivity contribution in [2.75, 3.05) is 4.72 Å². The molecule has 1 amide bonds. The van der Waals surface area contributed by atoms with Gasteiger partial charge in [0.25, 0.3) is 10.0 Å². The highest BCUT2D eigenvalue weighted by Crippen LogP contribution is 2.23. The lowest BCUT2D eigenvalue weighted by Crippen LogP contribution is -2.17. The molecular formula is C20H14ClFN2O5S. The van der Waals surface area contributed by atoms with Gasteiger partial charge in [0.05, 0.1) is 4.90 Å². The molecule has 0 heterocycles. The van der Waals surface area contributed by atoms with Crippen LogP contribution in [-0.4, -0.2) is 20.3 Å². The lowest BCUT2D eigenvalue weighted by molar-refractivity contribution is 0.103. The third-order valence-electron chi connectivity index (χ3n) is 3.93. The van der Waals surface area contributed by atoms with Gasteiger partial charge in [0, 0.05) is 21.8 Å². The SMILES string of the molecule is NC(=O)Oc1cc(C(=O)c2ccc(NS(=O)(=O)c3ccc(Cl)cc3)cc2)ccc1F. The standard InChI is InChI=1S/C20H14ClFN2O5S/c21-14-4-8-16(9-5-14)30(27,28)24-15-6-1-12(2-7-15)19(25)13-3-10-17(22)18(11-13)29-20(23)26/h1-11,24H,(H2,23,26). The van der Waals surface area contributed by atoms with Crippen LogP contribution in [0.2, 0.25) is 5.02 Å². The molecular weight excluding hydrogens is 435 g/mol. The zero-order chi connectivity index (χ0) is 21.9. The minimum Gasteiger partial charge on any atom is -0.407 e. The highest BCUT2D eigenvalue weighted by Gasteiger charge is 2.16. The molecule has 0 saturated carbocycles. The van der Waals surface area contributed by atoms with E-state index >= 15 is 0 Å². The molecule has 0 aromatic heterocycles. The van der Waals surface area contributed by atoms with Gasteiger partial charge >= 0.3 is 6.09 Å². The Balaban J connectivity index is 1.79. The summed E-state index contributed by atoms with van der Waals surface area (Å²) in [7, 11) is -3.83. The van der Waals surface area contributed by atoms with Crippen LogP contribution in [0.25, 0.3) is 0 Å². The van der Waals surface area contributed by atoms with Gasteiger partial charge in [0.15, 0.2) is 17.3 Å². The summed E-state index contributed by atoms with van der Waals surface area (Å²) in [6.45, 7) is 0. The number of ketones is 1. The number of nitrogens with two attached hydrogens (primary N) is 1. The molecule has 0 saturated heterocycles. The molecule has 0 fully saturated rings. The molecule has 0 aliphatic carbocycles. The van der Waals surface area contributed by atoms with Crippen molar-refractivity contribution in [3.63, 3.8) is 0 Å². The Morgan fingerprint density at radius 1 is 0.933 bits per heavy atom. The van der Waals surface area contributed by atoms with Crippen LogP contribution in [0.1, 0.15) is 15.9 Å². The number of halogens is 2. The summed E-state index contributed by atoms with van der Waals surface area (Å²) in [5.74, 6) is -1.81. The molecule has 3 aromatic carbocycles. The number of benzene rings is 3. The lowest BCUT2D eigenvalue weighted by atomic mass is 10.0. The van der Waals surface area contributed by atoms with Gasteiger partial charge in [-0.3, -0.25) is 9.52 Å². The summed E-state index contributed by atoms with van der Waals surface area (Å²) in [5.41, 5.74) is 5.37. The van der Waals surface area contributed by atoms with Gasteiger partial charge in [-0.25, -0.2) is 17.6 Å². The number of hydrogen-bond acceptors (Lipinski definition) is 5. The Morgan fingerprint density at radius 2 is 1.53 bits per heavy atom. The topological polar surface area (TPSA) is 116 Å². The smallest absolute Gasteiger partial charge is 0.407 e. The van der Waals surface area contributed by atoms with Crippen molar-refractivity contribution in [1.29, 1.82) is 0 Å². The van der Waals surface area contributed by atoms with E-state index in [-0.39, 0.29) is 21.7 Å². The van der Waals surface area contributed by atoms with Gasteiger partial charge in [0.2, 0.25) is 0 Å². The molecule has 0 aliphatic heterocycles. The number of hydrogen-bond donors (Lipinski definition) is 2. The number of carbonyl (C=O) groups excluding carboxylic acids is 2. The maximum absolute atomic E-state index is 13.7. The number of anilines is 1. The zero-order valence-electron chi connectivity index (χ0n) is 15.1. The molecule has 0 radical (unpaired) electrons. The van der Waals surface area contributed by atoms with Crippen molar-refractivity contribution in [3.05, 3.63) is 88.7 Å². The first-order chi connectivity index (χ1) is 14.2. The summed E-state index contributed by atoms with van der Waals surface area (Å²) in [4.78, 5) is 23.5. The maximum Gasteiger partial charge on any atom is 0.410 e. The first-order valence-corrected chi connectivity index (χ1v) is 10.2. The normalized spacial score (nSPS) is 11.0. The second kappa shape index (κ2) is 8.52. The van der Waals surface area contributed by atoms with Crippen LogP contribution in [0.5, 0.6) is 5.75 Å². The van der Waals surface area contributed by atoms with Crippen LogP contribution < -0.4 is 15.2 Å². The fourth-order valence-electron chi connectivity index (χ4n) is 2.52. The summed E-state index contributed by atoms with van der Waals surface area (Å²) in [6, 6.07) is 14.5. The molecule has 0 spiro atoms. The van der Waals surface area contributed by atoms with E-state index in [1.165, 1.54) is 54.6 Å². The molecule has 7 nitrogen and oxygen atoms in total. The Hall–Kier alpha value is -3.43. The average molecular weight is 449 g/mol. The van der Waals surface area contributed by atoms with Crippen LogP contribution in [0.3, 0.4) is 0 Å². The number of primary amides is 1. The van der Waals surface area contributed by atoms with E-state index in [1.54, 1.807) is 0 Å². The molecule has 0 aliphatic rings. The summed E-state index contributed by atoms with van der Waals surface area (Å²) in [6.07, 6.45) is -1.21. The highest BCUT2D eigenvalue weighted by molar-refractivity contribution is 7.92. The Labute approximate surface area is 176 Å². The van der Waals surface area contributed by atoms with Crippen LogP contribution >= 0.6 is 11.6 Å². The number of carbonyl (C=O) groups is 2. The number of ether oxygens (including phenoxy) is 1. The fraction of sp³-hybridized carbons (Fsp3) is 0. The lowest BCUT2D eigenvalue weighted by Gasteiger charge is -2.09. The van der Waals surface area contributed by atoms with E-state index in [9.17, 15) is 22.4 Å². The van der Waals surface area contributed by atoms with Gasteiger partial charge in [-0.15, -0.1) is 0 Å². The van der Waals surface area contributed by atoms with E-state index in [2.05, 4.69) is 9.46 Å². The average Bonchev–Trinajstić information content (AvgIpc) is 2.69. The summed E-state index contributed by atoms with van der Waals surface area (Å²) < 4.78 is 45.4. The highest BCUT2D eigenvalue weighted by atomic mass is 35.5. The number of sulfonamides is 1. The van der Waals surface area contributed by atoms with Gasteiger partial charge in [-0.2, -0.15) is 0 Å². The third-order valence-corrected chi connectivity index (χ3v) is 5.58. The van der Waals surface area contributed by atoms with Gasteiger partial charge in [-0.1, -0.05) is 11.6 Å². The van der Waals surface area contributed by atoms with Crippen LogP contribution in [0, 0.1) is 5.82 Å². The predicted octanol–water partition coefficient (Wildman–Crippen LogP) is 3.97. The first-order valence-electron chi connectivity index (χ1n) is 8.36. The zero-order valence-corrected chi connectivity index (χ0v) is 16.7. The molecule has 0 bridgehead atoms. The van der Waals surface area contributed by atoms with Crippen LogP contribution in [0.15, 0.2) is 71.6 Å². The van der Waals surface area contributed by atoms with Crippen molar-refractivity contribution in [1.82, 2.24) is 0 Å². The summed E-state index contributed by atoms with van der Waals surface area (Å²) in [5, 5.41) is 0.405. The second-order valence-electron chi connectivity index (χ2n) is 6.03. The van der Waals surface area contributed by atoms with E-state index in [0.717, 1.165) is 12.1 Å². The molecule has 154 valence electrons. The predicted molar refractivity (Wildman–Crippen MR) is 109 cm³/mol. The fourth-order valence-corrected chi connectivity index (χ4v) is 3.70. The van der Waals surface area contributed by atoms with Gasteiger partial charge < -0.3 is 10.5 Å². The third kappa shape index (κ3) is 4.94. The molecule has 3 rings (SSSR count). The Bertz CT molecular complexity index is 1210. The van der Waals surface area contributed by atoms with Gasteiger partial charge in [0.1, 0.15) is 0 Å². The maximum atomic E-state index is 13.7. The number of nitrogens with one attached hydrogen (secondary N) is 1. The number of rotatable bonds is 6. The van der Waals surface area contributed by atoms with Crippen LogP contribution in [-0.2, 0) is 10.0 Å². The van der Waals surface area contributed by atoms with Gasteiger partial charge in [-0.05, 0) is 66.7 Å². The van der Waals surface area contributed by atoms with Crippen molar-refractivity contribution in [2.24, 2.45) is 5.73 Å². The summed E-state index contributed by atoms with van der Waals surface area (Å²) >= 11 is 5.76.